The summed E-state index contributed by atoms with van der Waals surface area (Å²) < 4.78 is 19.5. The Kier molecular flexibility index (Phi) is 4.32. The first-order chi connectivity index (χ1) is 7.48. The van der Waals surface area contributed by atoms with Gasteiger partial charge in [-0.25, -0.2) is 13.3 Å². The van der Waals surface area contributed by atoms with Gasteiger partial charge in [0.15, 0.2) is 0 Å². The molecule has 1 aromatic rings. The number of nitrogens with zero attached hydrogens (tertiary/aromatic N) is 1. The molecule has 0 fully saturated rings. The predicted octanol–water partition coefficient (Wildman–Crippen LogP) is 1.89. The Morgan fingerprint density at radius 1 is 1.50 bits per heavy atom. The van der Waals surface area contributed by atoms with Crippen LogP contribution in [-0.2, 0) is 9.92 Å². The van der Waals surface area contributed by atoms with Gasteiger partial charge in [-0.2, -0.15) is 0 Å². The van der Waals surface area contributed by atoms with Gasteiger partial charge in [0.05, 0.1) is 11.4 Å². The molecule has 90 valence electrons. The Bertz CT molecular complexity index is 462. The minimum absolute atomic E-state index is 0.384. The van der Waals surface area contributed by atoms with Gasteiger partial charge in [-0.3, -0.25) is 0 Å². The van der Waals surface area contributed by atoms with E-state index in [1.54, 1.807) is 31.3 Å². The second kappa shape index (κ2) is 5.32. The third-order valence-electron chi connectivity index (χ3n) is 2.08. The predicted molar refractivity (Wildman–Crippen MR) is 68.5 cm³/mol. The summed E-state index contributed by atoms with van der Waals surface area (Å²) in [4.78, 5) is 0.635. The number of nitrogens with one attached hydrogen (secondary N) is 1. The van der Waals surface area contributed by atoms with E-state index in [9.17, 15) is 4.21 Å². The van der Waals surface area contributed by atoms with Crippen molar-refractivity contribution in [2.75, 3.05) is 19.3 Å². The summed E-state index contributed by atoms with van der Waals surface area (Å²) in [7, 11) is -0.880. The van der Waals surface area contributed by atoms with E-state index in [1.165, 1.54) is 0 Å². The maximum absolute atomic E-state index is 12.5. The Morgan fingerprint density at radius 2 is 2.19 bits per heavy atom. The van der Waals surface area contributed by atoms with Crippen LogP contribution in [0.25, 0.3) is 0 Å². The molecule has 0 saturated carbocycles. The van der Waals surface area contributed by atoms with Crippen molar-refractivity contribution < 1.29 is 4.21 Å². The van der Waals surface area contributed by atoms with Crippen molar-refractivity contribution in [3.8, 4) is 0 Å². The third kappa shape index (κ3) is 3.21. The van der Waals surface area contributed by atoms with E-state index in [-0.39, 0.29) is 0 Å². The van der Waals surface area contributed by atoms with Gasteiger partial charge >= 0.3 is 0 Å². The van der Waals surface area contributed by atoms with E-state index in [1.807, 2.05) is 13.8 Å². The highest BCUT2D eigenvalue weighted by Crippen LogP contribution is 2.15. The maximum atomic E-state index is 12.5. The largest absolute Gasteiger partial charge is 0.399 e. The van der Waals surface area contributed by atoms with Gasteiger partial charge in [-0.15, -0.1) is 0 Å². The minimum atomic E-state index is -2.53. The molecule has 16 heavy (non-hydrogen) atoms. The number of nitrogens with two attached hydrogens (primary N) is 1. The molecule has 0 spiro atoms. The van der Waals surface area contributed by atoms with Crippen molar-refractivity contribution in [2.24, 2.45) is 10.3 Å². The smallest absolute Gasteiger partial charge is 0.137 e. The quantitative estimate of drug-likeness (QED) is 0.790. The molecule has 1 rings (SSSR count). The van der Waals surface area contributed by atoms with Gasteiger partial charge in [0.2, 0.25) is 0 Å². The number of nitrogen functional groups attached to an aromatic ring is 1. The van der Waals surface area contributed by atoms with Crippen molar-refractivity contribution >= 4 is 15.6 Å². The second-order valence-corrected chi connectivity index (χ2v) is 6.20. The normalized spacial score (nSPS) is 14.8. The van der Waals surface area contributed by atoms with Crippen molar-refractivity contribution in [1.82, 2.24) is 4.72 Å². The number of benzene rings is 1. The number of rotatable bonds is 4. The lowest BCUT2D eigenvalue weighted by Gasteiger charge is -2.10. The van der Waals surface area contributed by atoms with Gasteiger partial charge in [0.1, 0.15) is 9.92 Å². The van der Waals surface area contributed by atoms with Crippen LogP contribution in [0, 0.1) is 5.92 Å². The van der Waals surface area contributed by atoms with Crippen LogP contribution in [0.3, 0.4) is 0 Å². The summed E-state index contributed by atoms with van der Waals surface area (Å²) in [6.45, 7) is 4.64. The molecule has 5 heteroatoms. The molecule has 0 aromatic heterocycles. The SMILES string of the molecule is CNS(=O)(=NCC(C)C)c1cccc(N)c1. The number of hydrogen-bond acceptors (Lipinski definition) is 3. The van der Waals surface area contributed by atoms with Crippen LogP contribution in [0.15, 0.2) is 33.5 Å². The summed E-state index contributed by atoms with van der Waals surface area (Å²) in [5.41, 5.74) is 6.27. The van der Waals surface area contributed by atoms with Crippen molar-refractivity contribution in [3.63, 3.8) is 0 Å². The molecule has 1 atom stereocenters. The van der Waals surface area contributed by atoms with Crippen molar-refractivity contribution in [1.29, 1.82) is 0 Å². The average molecular weight is 241 g/mol. The monoisotopic (exact) mass is 241 g/mol. The molecule has 0 amide bonds. The maximum Gasteiger partial charge on any atom is 0.137 e. The summed E-state index contributed by atoms with van der Waals surface area (Å²) in [5.74, 6) is 0.384. The van der Waals surface area contributed by atoms with Gasteiger partial charge in [0, 0.05) is 5.69 Å². The zero-order valence-corrected chi connectivity index (χ0v) is 10.8. The molecule has 0 bridgehead atoms. The highest BCUT2D eigenvalue weighted by molar-refractivity contribution is 7.91. The van der Waals surface area contributed by atoms with Gasteiger partial charge < -0.3 is 5.73 Å². The van der Waals surface area contributed by atoms with Crippen molar-refractivity contribution in [3.05, 3.63) is 24.3 Å². The Balaban J connectivity index is 3.15. The molecule has 0 heterocycles. The topological polar surface area (TPSA) is 67.5 Å². The summed E-state index contributed by atoms with van der Waals surface area (Å²) >= 11 is 0. The molecule has 1 unspecified atom stereocenters. The first kappa shape index (κ1) is 13.0. The molecular formula is C11H19N3OS. The average Bonchev–Trinajstić information content (AvgIpc) is 2.26. The van der Waals surface area contributed by atoms with Crippen LogP contribution in [0.5, 0.6) is 0 Å². The van der Waals surface area contributed by atoms with Crippen LogP contribution in [-0.4, -0.2) is 17.8 Å². The molecule has 0 aliphatic rings. The van der Waals surface area contributed by atoms with E-state index in [0.717, 1.165) is 0 Å². The zero-order valence-electron chi connectivity index (χ0n) is 9.93. The molecule has 3 N–H and O–H groups in total. The van der Waals surface area contributed by atoms with Gasteiger partial charge in [0.25, 0.3) is 0 Å². The third-order valence-corrected chi connectivity index (χ3v) is 4.03. The standard InChI is InChI=1S/C11H19N3OS/c1-9(2)8-14-16(15,13-3)11-6-4-5-10(12)7-11/h4-7,9H,8,12H2,1-3H3,(H,13,14,15). The van der Waals surface area contributed by atoms with Crippen LogP contribution in [0.2, 0.25) is 0 Å². The molecule has 0 radical (unpaired) electrons. The second-order valence-electron chi connectivity index (χ2n) is 4.01. The highest BCUT2D eigenvalue weighted by atomic mass is 32.2. The first-order valence-corrected chi connectivity index (χ1v) is 6.76. The molecule has 0 aliphatic carbocycles. The van der Waals surface area contributed by atoms with E-state index in [2.05, 4.69) is 9.08 Å². The van der Waals surface area contributed by atoms with E-state index in [4.69, 9.17) is 5.73 Å². The lowest BCUT2D eigenvalue weighted by molar-refractivity contribution is 0.644. The van der Waals surface area contributed by atoms with E-state index < -0.39 is 9.92 Å². The van der Waals surface area contributed by atoms with Crippen LogP contribution < -0.4 is 10.5 Å². The Hall–Kier alpha value is -1.07. The summed E-state index contributed by atoms with van der Waals surface area (Å²) in [6.07, 6.45) is 0. The fourth-order valence-electron chi connectivity index (χ4n) is 1.20. The van der Waals surface area contributed by atoms with Crippen LogP contribution in [0.1, 0.15) is 13.8 Å². The summed E-state index contributed by atoms with van der Waals surface area (Å²) in [5, 5.41) is 0. The van der Waals surface area contributed by atoms with Crippen LogP contribution >= 0.6 is 0 Å². The minimum Gasteiger partial charge on any atom is -0.399 e. The first-order valence-electron chi connectivity index (χ1n) is 5.25. The van der Waals surface area contributed by atoms with Gasteiger partial charge in [-0.05, 0) is 31.2 Å². The molecule has 4 nitrogen and oxygen atoms in total. The molecule has 1 aromatic carbocycles. The van der Waals surface area contributed by atoms with E-state index in [0.29, 0.717) is 23.0 Å². The van der Waals surface area contributed by atoms with E-state index >= 15 is 0 Å². The zero-order chi connectivity index (χ0) is 12.2. The Morgan fingerprint density at radius 3 is 2.69 bits per heavy atom. The molecule has 0 saturated heterocycles. The Labute approximate surface area is 97.6 Å². The van der Waals surface area contributed by atoms with Gasteiger partial charge in [-0.1, -0.05) is 19.9 Å². The van der Waals surface area contributed by atoms with Crippen molar-refractivity contribution in [2.45, 2.75) is 18.7 Å². The highest BCUT2D eigenvalue weighted by Gasteiger charge is 2.10. The lowest BCUT2D eigenvalue weighted by Crippen LogP contribution is -2.20. The number of hydrogen-bond donors (Lipinski definition) is 2. The van der Waals surface area contributed by atoms with Crippen LogP contribution in [0.4, 0.5) is 5.69 Å². The fourth-order valence-corrected chi connectivity index (χ4v) is 2.78. The lowest BCUT2D eigenvalue weighted by atomic mass is 10.2. The fraction of sp³-hybridized carbons (Fsp3) is 0.455. The number of anilines is 1. The molecular weight excluding hydrogens is 222 g/mol. The molecule has 0 aliphatic heterocycles. The summed E-state index contributed by atoms with van der Waals surface area (Å²) in [6, 6.07) is 7.02.